The molecule has 0 atom stereocenters. The summed E-state index contributed by atoms with van der Waals surface area (Å²) in [5.74, 6) is -0.887. The molecule has 4 nitrogen and oxygen atoms in total. The van der Waals surface area contributed by atoms with Gasteiger partial charge in [-0.3, -0.25) is 0 Å². The lowest BCUT2D eigenvalue weighted by Crippen LogP contribution is -2.01. The van der Waals surface area contributed by atoms with Crippen LogP contribution in [-0.2, 0) is 12.8 Å². The van der Waals surface area contributed by atoms with Crippen LogP contribution in [0.2, 0.25) is 0 Å². The van der Waals surface area contributed by atoms with Gasteiger partial charge in [-0.05, 0) is 67.5 Å². The smallest absolute Gasteiger partial charge is 0.336 e. The number of aryl methyl sites for hydroxylation is 3. The molecule has 3 rings (SSSR count). The molecule has 0 spiro atoms. The monoisotopic (exact) mass is 350 g/mol. The van der Waals surface area contributed by atoms with E-state index >= 15 is 0 Å². The molecule has 0 saturated carbocycles. The zero-order chi connectivity index (χ0) is 18.7. The predicted octanol–water partition coefficient (Wildman–Crippen LogP) is 4.69. The van der Waals surface area contributed by atoms with E-state index in [1.165, 1.54) is 5.56 Å². The van der Waals surface area contributed by atoms with E-state index in [1.807, 2.05) is 13.0 Å². The molecule has 3 aromatic rings. The van der Waals surface area contributed by atoms with Crippen LogP contribution in [0.15, 0.2) is 36.4 Å². The summed E-state index contributed by atoms with van der Waals surface area (Å²) in [6, 6.07) is 12.1. The standard InChI is InChI=1S/C22H26N2O2/c1-3-15-8-10-16(11-9-15)21-17(6-4-5-13-23)19-18(22(25)26)12-7-14(2)20(19)24-21/h7-12,24H,3-6,13,23H2,1-2H3,(H,25,26). The van der Waals surface area contributed by atoms with Crippen LogP contribution >= 0.6 is 0 Å². The fourth-order valence-electron chi connectivity index (χ4n) is 3.53. The molecule has 1 aromatic heterocycles. The molecule has 0 bridgehead atoms. The Morgan fingerprint density at radius 1 is 1.12 bits per heavy atom. The Morgan fingerprint density at radius 2 is 1.85 bits per heavy atom. The first-order valence-corrected chi connectivity index (χ1v) is 9.23. The van der Waals surface area contributed by atoms with Gasteiger partial charge in [0.25, 0.3) is 0 Å². The first kappa shape index (κ1) is 18.2. The van der Waals surface area contributed by atoms with Gasteiger partial charge in [0.15, 0.2) is 0 Å². The number of aromatic carboxylic acids is 1. The van der Waals surface area contributed by atoms with E-state index in [0.29, 0.717) is 12.1 Å². The molecule has 2 aromatic carbocycles. The number of hydrogen-bond acceptors (Lipinski definition) is 2. The highest BCUT2D eigenvalue weighted by Gasteiger charge is 2.20. The number of fused-ring (bicyclic) bond motifs is 1. The average Bonchev–Trinajstić information content (AvgIpc) is 3.02. The summed E-state index contributed by atoms with van der Waals surface area (Å²) in [5.41, 5.74) is 12.5. The zero-order valence-corrected chi connectivity index (χ0v) is 15.4. The van der Waals surface area contributed by atoms with Crippen LogP contribution in [0.1, 0.15) is 46.8 Å². The van der Waals surface area contributed by atoms with Gasteiger partial charge in [-0.25, -0.2) is 4.79 Å². The molecule has 0 aliphatic heterocycles. The lowest BCUT2D eigenvalue weighted by atomic mass is 9.96. The van der Waals surface area contributed by atoms with E-state index in [-0.39, 0.29) is 0 Å². The van der Waals surface area contributed by atoms with Gasteiger partial charge in [0, 0.05) is 16.6 Å². The molecule has 0 aliphatic rings. The largest absolute Gasteiger partial charge is 0.478 e. The lowest BCUT2D eigenvalue weighted by molar-refractivity contribution is 0.0699. The number of rotatable bonds is 7. The Hall–Kier alpha value is -2.59. The Kier molecular flexibility index (Phi) is 5.43. The van der Waals surface area contributed by atoms with E-state index < -0.39 is 5.97 Å². The van der Waals surface area contributed by atoms with Gasteiger partial charge in [-0.2, -0.15) is 0 Å². The summed E-state index contributed by atoms with van der Waals surface area (Å²) in [4.78, 5) is 15.3. The molecule has 4 N–H and O–H groups in total. The summed E-state index contributed by atoms with van der Waals surface area (Å²) in [6.45, 7) is 4.80. The van der Waals surface area contributed by atoms with E-state index in [4.69, 9.17) is 5.73 Å². The lowest BCUT2D eigenvalue weighted by Gasteiger charge is -2.07. The van der Waals surface area contributed by atoms with Gasteiger partial charge in [-0.1, -0.05) is 37.3 Å². The number of benzene rings is 2. The van der Waals surface area contributed by atoms with Crippen LogP contribution < -0.4 is 5.73 Å². The maximum Gasteiger partial charge on any atom is 0.336 e. The van der Waals surface area contributed by atoms with Gasteiger partial charge in [0.05, 0.1) is 5.56 Å². The molecular formula is C22H26N2O2. The van der Waals surface area contributed by atoms with Crippen molar-refractivity contribution < 1.29 is 9.90 Å². The van der Waals surface area contributed by atoms with Crippen molar-refractivity contribution in [2.24, 2.45) is 5.73 Å². The molecule has 0 amide bonds. The zero-order valence-electron chi connectivity index (χ0n) is 15.4. The van der Waals surface area contributed by atoms with Gasteiger partial charge in [-0.15, -0.1) is 0 Å². The number of carboxylic acid groups (broad SMARTS) is 1. The SMILES string of the molecule is CCc1ccc(-c2[nH]c3c(C)ccc(C(=O)O)c3c2CCCCN)cc1. The molecule has 4 heteroatoms. The number of carboxylic acids is 1. The molecule has 0 unspecified atom stereocenters. The van der Waals surface area contributed by atoms with Crippen LogP contribution in [0.3, 0.4) is 0 Å². The van der Waals surface area contributed by atoms with E-state index in [0.717, 1.165) is 59.0 Å². The van der Waals surface area contributed by atoms with Crippen LogP contribution in [0.25, 0.3) is 22.2 Å². The van der Waals surface area contributed by atoms with Crippen molar-refractivity contribution in [2.75, 3.05) is 6.54 Å². The quantitative estimate of drug-likeness (QED) is 0.541. The molecule has 0 fully saturated rings. The van der Waals surface area contributed by atoms with Crippen molar-refractivity contribution in [1.29, 1.82) is 0 Å². The van der Waals surface area contributed by atoms with Gasteiger partial charge in [0.1, 0.15) is 0 Å². The van der Waals surface area contributed by atoms with Crippen molar-refractivity contribution in [3.8, 4) is 11.3 Å². The second kappa shape index (κ2) is 7.75. The van der Waals surface area contributed by atoms with E-state index in [1.54, 1.807) is 6.07 Å². The summed E-state index contributed by atoms with van der Waals surface area (Å²) >= 11 is 0. The van der Waals surface area contributed by atoms with Crippen LogP contribution in [0.4, 0.5) is 0 Å². The second-order valence-corrected chi connectivity index (χ2v) is 6.76. The van der Waals surface area contributed by atoms with Crippen LogP contribution in [-0.4, -0.2) is 22.6 Å². The van der Waals surface area contributed by atoms with Crippen molar-refractivity contribution in [3.05, 3.63) is 58.7 Å². The van der Waals surface area contributed by atoms with E-state index in [9.17, 15) is 9.90 Å². The van der Waals surface area contributed by atoms with Crippen LogP contribution in [0.5, 0.6) is 0 Å². The second-order valence-electron chi connectivity index (χ2n) is 6.76. The number of aromatic nitrogens is 1. The number of carbonyl (C=O) groups is 1. The molecule has 136 valence electrons. The fraction of sp³-hybridized carbons (Fsp3) is 0.318. The molecule has 0 aliphatic carbocycles. The maximum absolute atomic E-state index is 11.8. The topological polar surface area (TPSA) is 79.1 Å². The minimum absolute atomic E-state index is 0.362. The third-order valence-corrected chi connectivity index (χ3v) is 5.03. The first-order chi connectivity index (χ1) is 12.6. The van der Waals surface area contributed by atoms with Gasteiger partial charge >= 0.3 is 5.97 Å². The summed E-state index contributed by atoms with van der Waals surface area (Å²) < 4.78 is 0. The highest BCUT2D eigenvalue weighted by atomic mass is 16.4. The molecule has 0 radical (unpaired) electrons. The maximum atomic E-state index is 11.8. The molecular weight excluding hydrogens is 324 g/mol. The molecule has 1 heterocycles. The normalized spacial score (nSPS) is 11.2. The summed E-state index contributed by atoms with van der Waals surface area (Å²) in [5, 5.41) is 10.5. The third kappa shape index (κ3) is 3.37. The van der Waals surface area contributed by atoms with Crippen molar-refractivity contribution in [1.82, 2.24) is 4.98 Å². The highest BCUT2D eigenvalue weighted by Crippen LogP contribution is 2.35. The number of H-pyrrole nitrogens is 1. The van der Waals surface area contributed by atoms with Gasteiger partial charge in [0.2, 0.25) is 0 Å². The number of aromatic amines is 1. The number of nitrogens with one attached hydrogen (secondary N) is 1. The van der Waals surface area contributed by atoms with Crippen molar-refractivity contribution in [3.63, 3.8) is 0 Å². The molecule has 26 heavy (non-hydrogen) atoms. The fourth-order valence-corrected chi connectivity index (χ4v) is 3.53. The molecule has 0 saturated heterocycles. The number of unbranched alkanes of at least 4 members (excludes halogenated alkanes) is 1. The van der Waals surface area contributed by atoms with E-state index in [2.05, 4.69) is 36.2 Å². The highest BCUT2D eigenvalue weighted by molar-refractivity contribution is 6.07. The minimum atomic E-state index is -0.887. The minimum Gasteiger partial charge on any atom is -0.478 e. The van der Waals surface area contributed by atoms with Crippen molar-refractivity contribution in [2.45, 2.75) is 39.5 Å². The first-order valence-electron chi connectivity index (χ1n) is 9.23. The van der Waals surface area contributed by atoms with Gasteiger partial charge < -0.3 is 15.8 Å². The predicted molar refractivity (Wildman–Crippen MR) is 107 cm³/mol. The number of hydrogen-bond donors (Lipinski definition) is 3. The third-order valence-electron chi connectivity index (χ3n) is 5.03. The Morgan fingerprint density at radius 3 is 2.46 bits per heavy atom. The Labute approximate surface area is 154 Å². The Balaban J connectivity index is 2.23. The number of nitrogens with two attached hydrogens (primary N) is 1. The van der Waals surface area contributed by atoms with Crippen molar-refractivity contribution >= 4 is 16.9 Å². The summed E-state index contributed by atoms with van der Waals surface area (Å²) in [7, 11) is 0. The average molecular weight is 350 g/mol. The summed E-state index contributed by atoms with van der Waals surface area (Å²) in [6.07, 6.45) is 3.68. The Bertz CT molecular complexity index is 923. The van der Waals surface area contributed by atoms with Crippen LogP contribution in [0, 0.1) is 6.92 Å².